The quantitative estimate of drug-likeness (QED) is 0.417. The van der Waals surface area contributed by atoms with Crippen LogP contribution in [0.5, 0.6) is 0 Å². The van der Waals surface area contributed by atoms with Gasteiger partial charge in [-0.1, -0.05) is 53.7 Å². The van der Waals surface area contributed by atoms with E-state index in [1.165, 1.54) is 6.92 Å². The van der Waals surface area contributed by atoms with Crippen molar-refractivity contribution in [2.24, 2.45) is 0 Å². The average Bonchev–Trinajstić information content (AvgIpc) is 3.43. The van der Waals surface area contributed by atoms with Crippen molar-refractivity contribution in [1.29, 1.82) is 0 Å². The summed E-state index contributed by atoms with van der Waals surface area (Å²) in [5, 5.41) is 7.06. The summed E-state index contributed by atoms with van der Waals surface area (Å²) in [5.41, 5.74) is 5.00. The fraction of sp³-hybridized carbons (Fsp3) is 0.185. The third-order valence-corrected chi connectivity index (χ3v) is 5.82. The number of carbonyl (C=O) groups is 2. The summed E-state index contributed by atoms with van der Waals surface area (Å²) in [6.45, 7) is 3.26. The van der Waals surface area contributed by atoms with E-state index in [9.17, 15) is 9.59 Å². The fourth-order valence-corrected chi connectivity index (χ4v) is 4.19. The molecule has 7 heteroatoms. The zero-order chi connectivity index (χ0) is 23.7. The van der Waals surface area contributed by atoms with Gasteiger partial charge in [0.25, 0.3) is 5.91 Å². The molecule has 0 aliphatic heterocycles. The molecule has 2 heterocycles. The minimum Gasteiger partial charge on any atom is -0.449 e. The van der Waals surface area contributed by atoms with Crippen LogP contribution in [-0.2, 0) is 16.0 Å². The van der Waals surface area contributed by atoms with E-state index in [2.05, 4.69) is 16.5 Å². The number of pyridine rings is 1. The molecule has 0 saturated heterocycles. The lowest BCUT2D eigenvalue weighted by atomic mass is 10.0. The molecule has 2 aromatic heterocycles. The number of esters is 1. The Balaban J connectivity index is 1.47. The molecule has 34 heavy (non-hydrogen) atoms. The first-order valence-electron chi connectivity index (χ1n) is 11.1. The van der Waals surface area contributed by atoms with E-state index in [1.807, 2.05) is 54.6 Å². The van der Waals surface area contributed by atoms with Crippen molar-refractivity contribution >= 4 is 40.2 Å². The molecule has 1 aliphatic carbocycles. The Hall–Kier alpha value is -4.26. The topological polar surface area (TPSA) is 94.3 Å². The van der Waals surface area contributed by atoms with E-state index in [0.29, 0.717) is 28.6 Å². The maximum Gasteiger partial charge on any atom is 0.339 e. The number of fused-ring (bicyclic) bond motifs is 2. The molecule has 2 aromatic carbocycles. The van der Waals surface area contributed by atoms with E-state index >= 15 is 0 Å². The molecule has 0 fully saturated rings. The van der Waals surface area contributed by atoms with E-state index in [0.717, 1.165) is 28.8 Å². The molecule has 4 aromatic rings. The standard InChI is InChI=1S/C27H23N3O4/c1-16-14-23(30-34-16)29-26(31)17(2)33-27(32)24-20-10-6-7-11-22(20)28-25-19(12-13-21(24)25)15-18-8-4-3-5-9-18/h3-11,14-15,17H,12-13H2,1-2H3,(H,29,30,31)/b19-15+. The monoisotopic (exact) mass is 453 g/mol. The predicted molar refractivity (Wildman–Crippen MR) is 129 cm³/mol. The fourth-order valence-electron chi connectivity index (χ4n) is 4.19. The van der Waals surface area contributed by atoms with Gasteiger partial charge in [-0.3, -0.25) is 4.79 Å². The molecular formula is C27H23N3O4. The summed E-state index contributed by atoms with van der Waals surface area (Å²) >= 11 is 0. The SMILES string of the molecule is Cc1cc(NC(=O)C(C)OC(=O)c2c3c(nc4ccccc24)/C(=C/c2ccccc2)CC3)no1. The minimum atomic E-state index is -1.02. The van der Waals surface area contributed by atoms with Crippen LogP contribution in [0.3, 0.4) is 0 Å². The highest BCUT2D eigenvalue weighted by Crippen LogP contribution is 2.38. The number of nitrogens with one attached hydrogen (secondary N) is 1. The third kappa shape index (κ3) is 4.20. The minimum absolute atomic E-state index is 0.274. The number of allylic oxidation sites excluding steroid dienone is 1. The Morgan fingerprint density at radius 1 is 1.09 bits per heavy atom. The third-order valence-electron chi connectivity index (χ3n) is 5.82. The van der Waals surface area contributed by atoms with Crippen molar-refractivity contribution in [2.45, 2.75) is 32.8 Å². The van der Waals surface area contributed by atoms with Gasteiger partial charge in [-0.2, -0.15) is 0 Å². The van der Waals surface area contributed by atoms with Gasteiger partial charge in [-0.15, -0.1) is 0 Å². The van der Waals surface area contributed by atoms with Crippen molar-refractivity contribution in [3.63, 3.8) is 0 Å². The number of amides is 1. The molecule has 170 valence electrons. The predicted octanol–water partition coefficient (Wildman–Crippen LogP) is 5.20. The normalized spacial score (nSPS) is 14.7. The molecule has 1 unspecified atom stereocenters. The molecule has 5 rings (SSSR count). The molecule has 1 N–H and O–H groups in total. The van der Waals surface area contributed by atoms with E-state index in [1.54, 1.807) is 13.0 Å². The van der Waals surface area contributed by atoms with E-state index < -0.39 is 18.0 Å². The molecular weight excluding hydrogens is 430 g/mol. The van der Waals surface area contributed by atoms with Crippen LogP contribution >= 0.6 is 0 Å². The lowest BCUT2D eigenvalue weighted by molar-refractivity contribution is -0.123. The zero-order valence-corrected chi connectivity index (χ0v) is 18.9. The second-order valence-electron chi connectivity index (χ2n) is 8.27. The Morgan fingerprint density at radius 2 is 1.85 bits per heavy atom. The van der Waals surface area contributed by atoms with Crippen LogP contribution in [0.2, 0.25) is 0 Å². The zero-order valence-electron chi connectivity index (χ0n) is 18.9. The van der Waals surface area contributed by atoms with Gasteiger partial charge in [0.15, 0.2) is 11.9 Å². The molecule has 0 saturated carbocycles. The highest BCUT2D eigenvalue weighted by molar-refractivity contribution is 6.08. The van der Waals surface area contributed by atoms with Gasteiger partial charge in [-0.25, -0.2) is 9.78 Å². The Bertz CT molecular complexity index is 1420. The van der Waals surface area contributed by atoms with Crippen LogP contribution in [-0.4, -0.2) is 28.1 Å². The molecule has 0 radical (unpaired) electrons. The molecule has 0 bridgehead atoms. The number of nitrogens with zero attached hydrogens (tertiary/aromatic N) is 2. The number of para-hydroxylation sites is 1. The maximum absolute atomic E-state index is 13.4. The number of rotatable bonds is 5. The second-order valence-corrected chi connectivity index (χ2v) is 8.27. The lowest BCUT2D eigenvalue weighted by Gasteiger charge is -2.16. The first kappa shape index (κ1) is 21.6. The van der Waals surface area contributed by atoms with Gasteiger partial charge in [-0.05, 0) is 55.5 Å². The summed E-state index contributed by atoms with van der Waals surface area (Å²) in [7, 11) is 0. The number of aryl methyl sites for hydroxylation is 1. The van der Waals surface area contributed by atoms with Gasteiger partial charge in [0.05, 0.1) is 16.8 Å². The first-order valence-corrected chi connectivity index (χ1v) is 11.1. The maximum atomic E-state index is 13.4. The van der Waals surface area contributed by atoms with Crippen molar-refractivity contribution in [1.82, 2.24) is 10.1 Å². The summed E-state index contributed by atoms with van der Waals surface area (Å²) in [6.07, 6.45) is 2.54. The molecule has 1 amide bonds. The summed E-state index contributed by atoms with van der Waals surface area (Å²) in [6, 6.07) is 19.1. The van der Waals surface area contributed by atoms with Crippen LogP contribution < -0.4 is 5.32 Å². The first-order chi connectivity index (χ1) is 16.5. The number of benzene rings is 2. The molecule has 1 aliphatic rings. The van der Waals surface area contributed by atoms with E-state index in [4.69, 9.17) is 14.2 Å². The lowest BCUT2D eigenvalue weighted by Crippen LogP contribution is -2.30. The van der Waals surface area contributed by atoms with Crippen molar-refractivity contribution in [2.75, 3.05) is 5.32 Å². The van der Waals surface area contributed by atoms with Crippen molar-refractivity contribution in [3.05, 3.63) is 88.8 Å². The Labute approximate surface area is 196 Å². The summed E-state index contributed by atoms with van der Waals surface area (Å²) in [5.74, 6) is -0.189. The van der Waals surface area contributed by atoms with Crippen molar-refractivity contribution in [3.8, 4) is 0 Å². The van der Waals surface area contributed by atoms with Gasteiger partial charge in [0.2, 0.25) is 0 Å². The number of hydrogen-bond acceptors (Lipinski definition) is 6. The highest BCUT2D eigenvalue weighted by atomic mass is 16.5. The summed E-state index contributed by atoms with van der Waals surface area (Å²) < 4.78 is 10.6. The highest BCUT2D eigenvalue weighted by Gasteiger charge is 2.29. The van der Waals surface area contributed by atoms with Crippen LogP contribution in [0, 0.1) is 6.92 Å². The van der Waals surface area contributed by atoms with Gasteiger partial charge in [0.1, 0.15) is 5.76 Å². The number of anilines is 1. The van der Waals surface area contributed by atoms with Crippen molar-refractivity contribution < 1.29 is 18.8 Å². The molecule has 1 atom stereocenters. The van der Waals surface area contributed by atoms with Gasteiger partial charge >= 0.3 is 5.97 Å². The van der Waals surface area contributed by atoms with Crippen LogP contribution in [0.15, 0.2) is 65.2 Å². The van der Waals surface area contributed by atoms with Gasteiger partial charge in [0, 0.05) is 11.5 Å². The van der Waals surface area contributed by atoms with E-state index in [-0.39, 0.29) is 5.82 Å². The number of aromatic nitrogens is 2. The largest absolute Gasteiger partial charge is 0.449 e. The smallest absolute Gasteiger partial charge is 0.339 e. The molecule has 7 nitrogen and oxygen atoms in total. The van der Waals surface area contributed by atoms with Crippen LogP contribution in [0.25, 0.3) is 22.6 Å². The van der Waals surface area contributed by atoms with Gasteiger partial charge < -0.3 is 14.6 Å². The second kappa shape index (κ2) is 8.94. The number of carbonyl (C=O) groups excluding carboxylic acids is 2. The Morgan fingerprint density at radius 3 is 2.62 bits per heavy atom. The van der Waals surface area contributed by atoms with Crippen LogP contribution in [0.1, 0.15) is 46.3 Å². The Kier molecular flexibility index (Phi) is 5.67. The number of ether oxygens (including phenoxy) is 1. The van der Waals surface area contributed by atoms with Crippen LogP contribution in [0.4, 0.5) is 5.82 Å². The average molecular weight is 453 g/mol. The molecule has 0 spiro atoms. The number of hydrogen-bond donors (Lipinski definition) is 1. The summed E-state index contributed by atoms with van der Waals surface area (Å²) in [4.78, 5) is 30.8.